The maximum atomic E-state index is 9.89. The average molecular weight is 138 g/mol. The van der Waals surface area contributed by atoms with Crippen LogP contribution in [0, 0.1) is 0 Å². The standard InChI is InChI=1S/C2H6N2O3S/c1-2(5)4-8(3,6)7/h1H3,(H,4,5)(H2,3,6,7). The van der Waals surface area contributed by atoms with Crippen LogP contribution in [0.25, 0.3) is 0 Å². The van der Waals surface area contributed by atoms with Crippen molar-refractivity contribution in [1.29, 1.82) is 0 Å². The molecule has 0 fully saturated rings. The Hall–Kier alpha value is -0.620. The summed E-state index contributed by atoms with van der Waals surface area (Å²) in [6, 6.07) is 0. The molecule has 0 radical (unpaired) electrons. The van der Waals surface area contributed by atoms with Crippen LogP contribution in [0.5, 0.6) is 0 Å². The van der Waals surface area contributed by atoms with Crippen molar-refractivity contribution in [3.05, 3.63) is 0 Å². The summed E-state index contributed by atoms with van der Waals surface area (Å²) in [6.45, 7) is 1.06. The number of carbonyl (C=O) groups is 1. The molecule has 0 saturated carbocycles. The molecule has 0 atom stereocenters. The highest BCUT2D eigenvalue weighted by Crippen LogP contribution is 1.64. The van der Waals surface area contributed by atoms with Crippen LogP contribution in [0.2, 0.25) is 0 Å². The van der Waals surface area contributed by atoms with Gasteiger partial charge >= 0.3 is 0 Å². The molecule has 0 spiro atoms. The molecule has 0 aliphatic heterocycles. The van der Waals surface area contributed by atoms with E-state index < -0.39 is 16.1 Å². The number of hydrogen-bond donors (Lipinski definition) is 2. The van der Waals surface area contributed by atoms with Crippen molar-refractivity contribution >= 4 is 16.1 Å². The monoisotopic (exact) mass is 138 g/mol. The summed E-state index contributed by atoms with van der Waals surface area (Å²) in [6.07, 6.45) is 0. The van der Waals surface area contributed by atoms with Gasteiger partial charge in [0.25, 0.3) is 10.2 Å². The van der Waals surface area contributed by atoms with Crippen LogP contribution in [0.15, 0.2) is 0 Å². The molecule has 5 nitrogen and oxygen atoms in total. The van der Waals surface area contributed by atoms with Gasteiger partial charge in [-0.2, -0.15) is 8.42 Å². The summed E-state index contributed by atoms with van der Waals surface area (Å²) in [5, 5.41) is 4.38. The minimum atomic E-state index is -3.82. The molecule has 48 valence electrons. The maximum absolute atomic E-state index is 9.89. The molecule has 0 aliphatic carbocycles. The van der Waals surface area contributed by atoms with E-state index in [0.29, 0.717) is 0 Å². The van der Waals surface area contributed by atoms with Gasteiger partial charge in [-0.05, 0) is 0 Å². The Morgan fingerprint density at radius 3 is 2.00 bits per heavy atom. The highest BCUT2D eigenvalue weighted by Gasteiger charge is 2.00. The van der Waals surface area contributed by atoms with Gasteiger partial charge in [0.05, 0.1) is 0 Å². The van der Waals surface area contributed by atoms with E-state index >= 15 is 0 Å². The highest BCUT2D eigenvalue weighted by atomic mass is 32.2. The summed E-state index contributed by atoms with van der Waals surface area (Å²) >= 11 is 0. The quantitative estimate of drug-likeness (QED) is 0.453. The molecule has 0 bridgehead atoms. The maximum Gasteiger partial charge on any atom is 0.298 e. The zero-order valence-corrected chi connectivity index (χ0v) is 5.03. The van der Waals surface area contributed by atoms with Gasteiger partial charge in [0, 0.05) is 6.92 Å². The first-order valence-corrected chi connectivity index (χ1v) is 3.27. The van der Waals surface area contributed by atoms with E-state index in [2.05, 4.69) is 5.14 Å². The fourth-order valence-corrected chi connectivity index (χ4v) is 0.601. The van der Waals surface area contributed by atoms with Crippen LogP contribution in [-0.2, 0) is 15.0 Å². The van der Waals surface area contributed by atoms with E-state index in [1.54, 1.807) is 0 Å². The van der Waals surface area contributed by atoms with Gasteiger partial charge in [-0.25, -0.2) is 9.86 Å². The van der Waals surface area contributed by atoms with Crippen LogP contribution in [0.4, 0.5) is 0 Å². The largest absolute Gasteiger partial charge is 0.298 e. The molecule has 0 aromatic heterocycles. The summed E-state index contributed by atoms with van der Waals surface area (Å²) in [5.41, 5.74) is 0. The predicted molar refractivity (Wildman–Crippen MR) is 26.9 cm³/mol. The van der Waals surface area contributed by atoms with Crippen molar-refractivity contribution in [3.8, 4) is 0 Å². The molecule has 3 N–H and O–H groups in total. The Kier molecular flexibility index (Phi) is 1.94. The van der Waals surface area contributed by atoms with Gasteiger partial charge in [0.15, 0.2) is 0 Å². The first kappa shape index (κ1) is 7.38. The molecule has 0 unspecified atom stereocenters. The fourth-order valence-electron chi connectivity index (χ4n) is 0.200. The first-order chi connectivity index (χ1) is 3.42. The molecule has 1 amide bonds. The second kappa shape index (κ2) is 2.10. The fraction of sp³-hybridized carbons (Fsp3) is 0.500. The lowest BCUT2D eigenvalue weighted by atomic mass is 10.8. The smallest absolute Gasteiger partial charge is 0.274 e. The molecular formula is C2H6N2O3S. The van der Waals surface area contributed by atoms with Gasteiger partial charge < -0.3 is 0 Å². The summed E-state index contributed by atoms with van der Waals surface area (Å²) in [7, 11) is -3.82. The topological polar surface area (TPSA) is 89.3 Å². The average Bonchev–Trinajstić information content (AvgIpc) is 1.21. The van der Waals surface area contributed by atoms with Gasteiger partial charge in [0.2, 0.25) is 5.91 Å². The van der Waals surface area contributed by atoms with Gasteiger partial charge in [-0.3, -0.25) is 4.79 Å². The molecular weight excluding hydrogens is 132 g/mol. The van der Waals surface area contributed by atoms with Crippen molar-refractivity contribution in [2.24, 2.45) is 5.14 Å². The normalized spacial score (nSPS) is 10.8. The van der Waals surface area contributed by atoms with Gasteiger partial charge in [-0.15, -0.1) is 0 Å². The number of nitrogens with two attached hydrogens (primary N) is 1. The van der Waals surface area contributed by atoms with Crippen LogP contribution in [-0.4, -0.2) is 14.3 Å². The Labute approximate surface area is 47.1 Å². The van der Waals surface area contributed by atoms with Crippen molar-refractivity contribution in [2.45, 2.75) is 6.92 Å². The third kappa shape index (κ3) is 5.38. The summed E-state index contributed by atoms with van der Waals surface area (Å²) in [5.74, 6) is -0.687. The van der Waals surface area contributed by atoms with Crippen molar-refractivity contribution in [2.75, 3.05) is 0 Å². The molecule has 8 heavy (non-hydrogen) atoms. The van der Waals surface area contributed by atoms with Crippen LogP contribution >= 0.6 is 0 Å². The Morgan fingerprint density at radius 1 is 1.62 bits per heavy atom. The first-order valence-electron chi connectivity index (χ1n) is 1.73. The Bertz CT molecular complexity index is 181. The number of amides is 1. The molecule has 0 aromatic carbocycles. The lowest BCUT2D eigenvalue weighted by Gasteiger charge is -1.92. The van der Waals surface area contributed by atoms with E-state index in [0.717, 1.165) is 6.92 Å². The minimum Gasteiger partial charge on any atom is -0.274 e. The Morgan fingerprint density at radius 2 is 2.00 bits per heavy atom. The van der Waals surface area contributed by atoms with E-state index in [1.165, 1.54) is 4.72 Å². The van der Waals surface area contributed by atoms with Crippen molar-refractivity contribution in [1.82, 2.24) is 4.72 Å². The van der Waals surface area contributed by atoms with Crippen LogP contribution < -0.4 is 9.86 Å². The predicted octanol–water partition coefficient (Wildman–Crippen LogP) is -1.67. The van der Waals surface area contributed by atoms with Crippen LogP contribution in [0.1, 0.15) is 6.92 Å². The van der Waals surface area contributed by atoms with Gasteiger partial charge in [0.1, 0.15) is 0 Å². The number of carbonyl (C=O) groups excluding carboxylic acids is 1. The lowest BCUT2D eigenvalue weighted by Crippen LogP contribution is -2.34. The molecule has 0 aromatic rings. The van der Waals surface area contributed by atoms with E-state index in [4.69, 9.17) is 0 Å². The molecule has 0 aliphatic rings. The van der Waals surface area contributed by atoms with E-state index in [-0.39, 0.29) is 0 Å². The van der Waals surface area contributed by atoms with Crippen molar-refractivity contribution < 1.29 is 13.2 Å². The zero-order chi connectivity index (χ0) is 6.78. The number of nitrogens with one attached hydrogen (secondary N) is 1. The van der Waals surface area contributed by atoms with Gasteiger partial charge in [-0.1, -0.05) is 0 Å². The molecule has 6 heteroatoms. The second-order valence-electron chi connectivity index (χ2n) is 1.20. The highest BCUT2D eigenvalue weighted by molar-refractivity contribution is 7.87. The zero-order valence-electron chi connectivity index (χ0n) is 4.21. The SMILES string of the molecule is CC(=O)NS(N)(=O)=O. The second-order valence-corrected chi connectivity index (χ2v) is 2.50. The molecule has 0 heterocycles. The third-order valence-corrected chi connectivity index (χ3v) is 0.858. The third-order valence-electron chi connectivity index (χ3n) is 0.286. The molecule has 0 rings (SSSR count). The molecule has 0 saturated heterocycles. The van der Waals surface area contributed by atoms with Crippen LogP contribution in [0.3, 0.4) is 0 Å². The minimum absolute atomic E-state index is 0.687. The van der Waals surface area contributed by atoms with Crippen molar-refractivity contribution in [3.63, 3.8) is 0 Å². The number of rotatable bonds is 1. The summed E-state index contributed by atoms with van der Waals surface area (Å²) in [4.78, 5) is 9.89. The van der Waals surface area contributed by atoms with E-state index in [1.807, 2.05) is 0 Å². The Balaban J connectivity index is 3.95. The summed E-state index contributed by atoms with van der Waals surface area (Å²) < 4.78 is 21.3. The lowest BCUT2D eigenvalue weighted by molar-refractivity contribution is -0.117. The van der Waals surface area contributed by atoms with E-state index in [9.17, 15) is 13.2 Å². The number of hydrogen-bond acceptors (Lipinski definition) is 3.